The van der Waals surface area contributed by atoms with Gasteiger partial charge in [0.25, 0.3) is 0 Å². The van der Waals surface area contributed by atoms with E-state index in [-0.39, 0.29) is 0 Å². The van der Waals surface area contributed by atoms with Crippen LogP contribution in [-0.4, -0.2) is 41.4 Å². The molecular formula is C16H17N5O2. The molecule has 1 aromatic carbocycles. The third-order valence-corrected chi connectivity index (χ3v) is 3.79. The topological polar surface area (TPSA) is 76.3 Å². The molecule has 1 aliphatic heterocycles. The first-order valence-corrected chi connectivity index (χ1v) is 7.63. The van der Waals surface area contributed by atoms with Crippen LogP contribution in [0.2, 0.25) is 0 Å². The van der Waals surface area contributed by atoms with Gasteiger partial charge in [-0.2, -0.15) is 0 Å². The second kappa shape index (κ2) is 6.21. The van der Waals surface area contributed by atoms with Gasteiger partial charge in [-0.3, -0.25) is 0 Å². The number of rotatable bonds is 4. The lowest BCUT2D eigenvalue weighted by Crippen LogP contribution is -2.37. The molecule has 7 heteroatoms. The summed E-state index contributed by atoms with van der Waals surface area (Å²) in [5.74, 6) is 1.61. The van der Waals surface area contributed by atoms with Gasteiger partial charge in [0.2, 0.25) is 0 Å². The lowest BCUT2D eigenvalue weighted by atomic mass is 10.3. The molecule has 0 radical (unpaired) electrons. The fourth-order valence-corrected chi connectivity index (χ4v) is 2.61. The zero-order valence-electron chi connectivity index (χ0n) is 12.6. The number of hydrogen-bond acceptors (Lipinski definition) is 7. The van der Waals surface area contributed by atoms with E-state index in [1.807, 2.05) is 30.3 Å². The molecule has 0 unspecified atom stereocenters. The molecule has 0 amide bonds. The summed E-state index contributed by atoms with van der Waals surface area (Å²) in [6.45, 7) is 3.58. The van der Waals surface area contributed by atoms with Crippen LogP contribution in [0, 0.1) is 0 Å². The van der Waals surface area contributed by atoms with Crippen molar-refractivity contribution in [3.05, 3.63) is 42.3 Å². The van der Waals surface area contributed by atoms with E-state index in [0.29, 0.717) is 19.8 Å². The van der Waals surface area contributed by atoms with Gasteiger partial charge >= 0.3 is 0 Å². The zero-order valence-corrected chi connectivity index (χ0v) is 12.6. The monoisotopic (exact) mass is 311 g/mol. The van der Waals surface area contributed by atoms with Crippen molar-refractivity contribution in [3.63, 3.8) is 0 Å². The maximum absolute atomic E-state index is 5.43. The Bertz CT molecular complexity index is 784. The molecule has 1 fully saturated rings. The number of para-hydroxylation sites is 2. The average Bonchev–Trinajstić information content (AvgIpc) is 3.13. The predicted molar refractivity (Wildman–Crippen MR) is 86.4 cm³/mol. The van der Waals surface area contributed by atoms with E-state index < -0.39 is 0 Å². The molecule has 118 valence electrons. The molecule has 1 aliphatic rings. The van der Waals surface area contributed by atoms with Gasteiger partial charge < -0.3 is 19.5 Å². The molecular weight excluding hydrogens is 294 g/mol. The molecule has 0 bridgehead atoms. The summed E-state index contributed by atoms with van der Waals surface area (Å²) in [6.07, 6.45) is 1.56. The quantitative estimate of drug-likeness (QED) is 0.790. The SMILES string of the molecule is c1ccc2nc(N3CCOCC3)c(NCc3ccon3)nc2c1. The van der Waals surface area contributed by atoms with E-state index in [0.717, 1.165) is 41.5 Å². The number of nitrogens with one attached hydrogen (secondary N) is 1. The molecule has 3 heterocycles. The van der Waals surface area contributed by atoms with Crippen molar-refractivity contribution in [1.82, 2.24) is 15.1 Å². The largest absolute Gasteiger partial charge is 0.378 e. The molecule has 2 aromatic heterocycles. The first-order chi connectivity index (χ1) is 11.4. The minimum atomic E-state index is 0.543. The fraction of sp³-hybridized carbons (Fsp3) is 0.312. The van der Waals surface area contributed by atoms with Crippen molar-refractivity contribution in [2.75, 3.05) is 36.5 Å². The van der Waals surface area contributed by atoms with E-state index in [9.17, 15) is 0 Å². The van der Waals surface area contributed by atoms with Crippen LogP contribution in [0.4, 0.5) is 11.6 Å². The van der Waals surface area contributed by atoms with Gasteiger partial charge in [-0.05, 0) is 12.1 Å². The van der Waals surface area contributed by atoms with E-state index in [1.165, 1.54) is 0 Å². The molecule has 0 atom stereocenters. The van der Waals surface area contributed by atoms with E-state index in [4.69, 9.17) is 19.2 Å². The molecule has 4 rings (SSSR count). The summed E-state index contributed by atoms with van der Waals surface area (Å²) < 4.78 is 10.3. The lowest BCUT2D eigenvalue weighted by molar-refractivity contribution is 0.122. The number of ether oxygens (including phenoxy) is 1. The van der Waals surface area contributed by atoms with E-state index >= 15 is 0 Å². The van der Waals surface area contributed by atoms with Crippen molar-refractivity contribution in [2.45, 2.75) is 6.54 Å². The number of fused-ring (bicyclic) bond motifs is 1. The van der Waals surface area contributed by atoms with Gasteiger partial charge in [0.15, 0.2) is 11.6 Å². The molecule has 3 aromatic rings. The summed E-state index contributed by atoms with van der Waals surface area (Å²) >= 11 is 0. The Balaban J connectivity index is 1.69. The Morgan fingerprint density at radius 3 is 2.57 bits per heavy atom. The Hall–Kier alpha value is -2.67. The van der Waals surface area contributed by atoms with Gasteiger partial charge in [-0.1, -0.05) is 17.3 Å². The molecule has 0 saturated carbocycles. The predicted octanol–water partition coefficient (Wildman–Crippen LogP) is 2.07. The normalized spacial score (nSPS) is 15.0. The highest BCUT2D eigenvalue weighted by Gasteiger charge is 2.18. The Morgan fingerprint density at radius 1 is 1.04 bits per heavy atom. The van der Waals surface area contributed by atoms with Crippen LogP contribution in [0.3, 0.4) is 0 Å². The fourth-order valence-electron chi connectivity index (χ4n) is 2.61. The summed E-state index contributed by atoms with van der Waals surface area (Å²) in [4.78, 5) is 11.7. The van der Waals surface area contributed by atoms with Crippen molar-refractivity contribution in [3.8, 4) is 0 Å². The number of benzene rings is 1. The van der Waals surface area contributed by atoms with Gasteiger partial charge in [0.1, 0.15) is 12.0 Å². The Labute approximate surface area is 133 Å². The highest BCUT2D eigenvalue weighted by atomic mass is 16.5. The summed E-state index contributed by atoms with van der Waals surface area (Å²) in [5.41, 5.74) is 2.58. The van der Waals surface area contributed by atoms with Crippen molar-refractivity contribution < 1.29 is 9.26 Å². The van der Waals surface area contributed by atoms with Gasteiger partial charge in [0.05, 0.1) is 30.8 Å². The average molecular weight is 311 g/mol. The number of anilines is 2. The first kappa shape index (κ1) is 14.0. The molecule has 23 heavy (non-hydrogen) atoms. The minimum absolute atomic E-state index is 0.543. The molecule has 7 nitrogen and oxygen atoms in total. The van der Waals surface area contributed by atoms with Crippen LogP contribution in [0.5, 0.6) is 0 Å². The highest BCUT2D eigenvalue weighted by Crippen LogP contribution is 2.26. The van der Waals surface area contributed by atoms with E-state index in [2.05, 4.69) is 15.4 Å². The van der Waals surface area contributed by atoms with Crippen molar-refractivity contribution in [2.24, 2.45) is 0 Å². The van der Waals surface area contributed by atoms with Gasteiger partial charge in [-0.25, -0.2) is 9.97 Å². The number of nitrogens with zero attached hydrogens (tertiary/aromatic N) is 4. The second-order valence-electron chi connectivity index (χ2n) is 5.33. The number of hydrogen-bond donors (Lipinski definition) is 1. The third-order valence-electron chi connectivity index (χ3n) is 3.79. The highest BCUT2D eigenvalue weighted by molar-refractivity contribution is 5.80. The minimum Gasteiger partial charge on any atom is -0.378 e. The maximum Gasteiger partial charge on any atom is 0.172 e. The zero-order chi connectivity index (χ0) is 15.5. The van der Waals surface area contributed by atoms with Crippen LogP contribution < -0.4 is 10.2 Å². The maximum atomic E-state index is 5.43. The van der Waals surface area contributed by atoms with Crippen LogP contribution in [-0.2, 0) is 11.3 Å². The summed E-state index contributed by atoms with van der Waals surface area (Å²) in [6, 6.07) is 9.71. The molecule has 1 N–H and O–H groups in total. The Kier molecular flexibility index (Phi) is 3.77. The lowest BCUT2D eigenvalue weighted by Gasteiger charge is -2.29. The van der Waals surface area contributed by atoms with Gasteiger partial charge in [0, 0.05) is 19.2 Å². The van der Waals surface area contributed by atoms with Crippen LogP contribution in [0.1, 0.15) is 5.69 Å². The van der Waals surface area contributed by atoms with Crippen LogP contribution >= 0.6 is 0 Å². The van der Waals surface area contributed by atoms with Gasteiger partial charge in [-0.15, -0.1) is 0 Å². The summed E-state index contributed by atoms with van der Waals surface area (Å²) in [5, 5.41) is 7.24. The Morgan fingerprint density at radius 2 is 1.83 bits per heavy atom. The smallest absolute Gasteiger partial charge is 0.172 e. The third kappa shape index (κ3) is 2.95. The molecule has 0 aliphatic carbocycles. The van der Waals surface area contributed by atoms with Crippen molar-refractivity contribution in [1.29, 1.82) is 0 Å². The molecule has 0 spiro atoms. The number of morpholine rings is 1. The second-order valence-corrected chi connectivity index (χ2v) is 5.33. The standard InChI is InChI=1S/C16H17N5O2/c1-2-4-14-13(3-1)18-15(17-11-12-5-8-23-20-12)16(19-14)21-6-9-22-10-7-21/h1-5,8H,6-7,9-11H2,(H,17,18). The van der Waals surface area contributed by atoms with Crippen LogP contribution in [0.15, 0.2) is 41.1 Å². The van der Waals surface area contributed by atoms with Crippen molar-refractivity contribution >= 4 is 22.7 Å². The number of aromatic nitrogens is 3. The molecule has 1 saturated heterocycles. The summed E-state index contributed by atoms with van der Waals surface area (Å²) in [7, 11) is 0. The van der Waals surface area contributed by atoms with Crippen LogP contribution in [0.25, 0.3) is 11.0 Å². The van der Waals surface area contributed by atoms with E-state index in [1.54, 1.807) is 6.26 Å². The first-order valence-electron chi connectivity index (χ1n) is 7.63.